The number of halogens is 1. The lowest BCUT2D eigenvalue weighted by Gasteiger charge is -2.07. The van der Waals surface area contributed by atoms with Crippen LogP contribution in [0.2, 0.25) is 5.02 Å². The maximum atomic E-state index is 12.0. The molecule has 1 aliphatic rings. The molecule has 0 aromatic heterocycles. The summed E-state index contributed by atoms with van der Waals surface area (Å²) in [4.78, 5) is 23.9. The third-order valence-corrected chi connectivity index (χ3v) is 4.12. The molecule has 0 radical (unpaired) electrons. The lowest BCUT2D eigenvalue weighted by molar-refractivity contribution is -0.127. The van der Waals surface area contributed by atoms with Crippen molar-refractivity contribution >= 4 is 23.4 Å². The Hall–Kier alpha value is -1.55. The van der Waals surface area contributed by atoms with Crippen LogP contribution in [0.1, 0.15) is 32.3 Å². The highest BCUT2D eigenvalue weighted by Gasteiger charge is 2.47. The van der Waals surface area contributed by atoms with Gasteiger partial charge in [-0.2, -0.15) is 0 Å². The van der Waals surface area contributed by atoms with Crippen LogP contribution in [-0.4, -0.2) is 18.4 Å². The number of amides is 2. The molecule has 22 heavy (non-hydrogen) atoms. The van der Waals surface area contributed by atoms with Crippen LogP contribution in [0.25, 0.3) is 0 Å². The molecule has 2 N–H and O–H groups in total. The maximum absolute atomic E-state index is 12.0. The Balaban J connectivity index is 1.69. The first kappa shape index (κ1) is 16.8. The first-order chi connectivity index (χ1) is 10.5. The summed E-state index contributed by atoms with van der Waals surface area (Å²) >= 11 is 5.82. The van der Waals surface area contributed by atoms with E-state index >= 15 is 0 Å². The summed E-state index contributed by atoms with van der Waals surface area (Å²) in [7, 11) is 0. The van der Waals surface area contributed by atoms with Gasteiger partial charge in [0.15, 0.2) is 0 Å². The van der Waals surface area contributed by atoms with Gasteiger partial charge in [-0.15, -0.1) is 0 Å². The molecule has 0 saturated heterocycles. The second-order valence-electron chi connectivity index (χ2n) is 6.27. The van der Waals surface area contributed by atoms with Crippen LogP contribution in [0, 0.1) is 17.8 Å². The maximum Gasteiger partial charge on any atom is 0.224 e. The van der Waals surface area contributed by atoms with Crippen molar-refractivity contribution in [1.29, 1.82) is 0 Å². The van der Waals surface area contributed by atoms with Crippen LogP contribution in [0.4, 0.5) is 0 Å². The molecule has 0 spiro atoms. The molecule has 1 saturated carbocycles. The van der Waals surface area contributed by atoms with Gasteiger partial charge in [0.2, 0.25) is 11.8 Å². The molecule has 2 amide bonds. The second kappa shape index (κ2) is 7.63. The van der Waals surface area contributed by atoms with Gasteiger partial charge in [-0.1, -0.05) is 37.6 Å². The molecule has 0 heterocycles. The number of rotatable bonds is 7. The van der Waals surface area contributed by atoms with Gasteiger partial charge in [0.05, 0.1) is 11.8 Å². The summed E-state index contributed by atoms with van der Waals surface area (Å²) in [5.74, 6) is 0.202. The van der Waals surface area contributed by atoms with Crippen molar-refractivity contribution in [3.05, 3.63) is 34.9 Å². The quantitative estimate of drug-likeness (QED) is 0.811. The fourth-order valence-corrected chi connectivity index (χ4v) is 2.44. The summed E-state index contributed by atoms with van der Waals surface area (Å²) in [5, 5.41) is 6.46. The number of carbonyl (C=O) groups is 2. The molecule has 2 atom stereocenters. The Morgan fingerprint density at radius 3 is 2.32 bits per heavy atom. The van der Waals surface area contributed by atoms with Crippen molar-refractivity contribution < 1.29 is 9.59 Å². The summed E-state index contributed by atoms with van der Waals surface area (Å²) < 4.78 is 0. The van der Waals surface area contributed by atoms with Crippen molar-refractivity contribution in [2.24, 2.45) is 17.8 Å². The van der Waals surface area contributed by atoms with E-state index in [2.05, 4.69) is 24.5 Å². The van der Waals surface area contributed by atoms with Gasteiger partial charge >= 0.3 is 0 Å². The Labute approximate surface area is 136 Å². The molecule has 2 rings (SSSR count). The van der Waals surface area contributed by atoms with Crippen molar-refractivity contribution in [3.63, 3.8) is 0 Å². The van der Waals surface area contributed by atoms with Crippen LogP contribution < -0.4 is 10.6 Å². The number of hydrogen-bond acceptors (Lipinski definition) is 2. The van der Waals surface area contributed by atoms with E-state index in [1.165, 1.54) is 0 Å². The van der Waals surface area contributed by atoms with Gasteiger partial charge in [-0.3, -0.25) is 9.59 Å². The largest absolute Gasteiger partial charge is 0.356 e. The zero-order valence-corrected chi connectivity index (χ0v) is 13.8. The van der Waals surface area contributed by atoms with Gasteiger partial charge in [0.1, 0.15) is 0 Å². The van der Waals surface area contributed by atoms with Crippen molar-refractivity contribution in [3.8, 4) is 0 Å². The van der Waals surface area contributed by atoms with Gasteiger partial charge in [0.25, 0.3) is 0 Å². The van der Waals surface area contributed by atoms with E-state index in [1.807, 2.05) is 12.1 Å². The van der Waals surface area contributed by atoms with E-state index in [0.29, 0.717) is 30.5 Å². The SMILES string of the molecule is CC(C)CCNC(=O)C1CC1C(=O)NCc1ccc(Cl)cc1. The molecular formula is C17H23ClN2O2. The third-order valence-electron chi connectivity index (χ3n) is 3.86. The topological polar surface area (TPSA) is 58.2 Å². The minimum atomic E-state index is -0.175. The minimum Gasteiger partial charge on any atom is -0.356 e. The Bertz CT molecular complexity index is 528. The number of carbonyl (C=O) groups excluding carboxylic acids is 2. The van der Waals surface area contributed by atoms with Crippen LogP contribution in [0.15, 0.2) is 24.3 Å². The van der Waals surface area contributed by atoms with E-state index in [0.717, 1.165) is 12.0 Å². The Morgan fingerprint density at radius 1 is 1.14 bits per heavy atom. The molecule has 0 aliphatic heterocycles. The fourth-order valence-electron chi connectivity index (χ4n) is 2.31. The average molecular weight is 323 g/mol. The lowest BCUT2D eigenvalue weighted by Crippen LogP contribution is -2.30. The zero-order chi connectivity index (χ0) is 16.1. The molecular weight excluding hydrogens is 300 g/mol. The van der Waals surface area contributed by atoms with Gasteiger partial charge in [0, 0.05) is 18.1 Å². The van der Waals surface area contributed by atoms with Crippen LogP contribution in [0.5, 0.6) is 0 Å². The highest BCUT2D eigenvalue weighted by atomic mass is 35.5. The normalized spacial score (nSPS) is 19.8. The molecule has 2 unspecified atom stereocenters. The summed E-state index contributed by atoms with van der Waals surface area (Å²) in [6.07, 6.45) is 1.62. The summed E-state index contributed by atoms with van der Waals surface area (Å²) in [6.45, 7) is 5.40. The van der Waals surface area contributed by atoms with Crippen LogP contribution >= 0.6 is 11.6 Å². The van der Waals surface area contributed by atoms with Crippen LogP contribution in [0.3, 0.4) is 0 Å². The molecule has 4 nitrogen and oxygen atoms in total. The molecule has 120 valence electrons. The van der Waals surface area contributed by atoms with Gasteiger partial charge in [-0.05, 0) is 36.5 Å². The van der Waals surface area contributed by atoms with Crippen molar-refractivity contribution in [2.75, 3.05) is 6.54 Å². The van der Waals surface area contributed by atoms with E-state index in [1.54, 1.807) is 12.1 Å². The van der Waals surface area contributed by atoms with E-state index in [-0.39, 0.29) is 23.7 Å². The Morgan fingerprint density at radius 2 is 1.73 bits per heavy atom. The Kier molecular flexibility index (Phi) is 5.83. The number of benzene rings is 1. The summed E-state index contributed by atoms with van der Waals surface area (Å²) in [5.41, 5.74) is 0.997. The van der Waals surface area contributed by atoms with Crippen molar-refractivity contribution in [1.82, 2.24) is 10.6 Å². The van der Waals surface area contributed by atoms with E-state index < -0.39 is 0 Å². The predicted molar refractivity (Wildman–Crippen MR) is 87.4 cm³/mol. The second-order valence-corrected chi connectivity index (χ2v) is 6.70. The molecule has 5 heteroatoms. The van der Waals surface area contributed by atoms with Crippen LogP contribution in [-0.2, 0) is 16.1 Å². The predicted octanol–water partition coefficient (Wildman–Crippen LogP) is 2.75. The van der Waals surface area contributed by atoms with Gasteiger partial charge in [-0.25, -0.2) is 0 Å². The number of hydrogen-bond donors (Lipinski definition) is 2. The average Bonchev–Trinajstić information content (AvgIpc) is 3.26. The van der Waals surface area contributed by atoms with Crippen molar-refractivity contribution in [2.45, 2.75) is 33.2 Å². The fraction of sp³-hybridized carbons (Fsp3) is 0.529. The smallest absolute Gasteiger partial charge is 0.224 e. The first-order valence-corrected chi connectivity index (χ1v) is 8.15. The molecule has 1 aliphatic carbocycles. The standard InChI is InChI=1S/C17H23ClN2O2/c1-11(2)7-8-19-16(21)14-9-15(14)17(22)20-10-12-3-5-13(18)6-4-12/h3-6,11,14-15H,7-10H2,1-2H3,(H,19,21)(H,20,22). The highest BCUT2D eigenvalue weighted by Crippen LogP contribution is 2.38. The lowest BCUT2D eigenvalue weighted by atomic mass is 10.1. The molecule has 1 fully saturated rings. The van der Waals surface area contributed by atoms with E-state index in [9.17, 15) is 9.59 Å². The zero-order valence-electron chi connectivity index (χ0n) is 13.1. The first-order valence-electron chi connectivity index (χ1n) is 7.77. The molecule has 1 aromatic carbocycles. The summed E-state index contributed by atoms with van der Waals surface area (Å²) in [6, 6.07) is 7.35. The number of nitrogens with one attached hydrogen (secondary N) is 2. The van der Waals surface area contributed by atoms with Gasteiger partial charge < -0.3 is 10.6 Å². The van der Waals surface area contributed by atoms with E-state index in [4.69, 9.17) is 11.6 Å². The third kappa shape index (κ3) is 5.02. The monoisotopic (exact) mass is 322 g/mol. The highest BCUT2D eigenvalue weighted by molar-refractivity contribution is 6.30. The molecule has 0 bridgehead atoms. The minimum absolute atomic E-state index is 0.00675. The molecule has 1 aromatic rings.